The molecule has 2 aromatic carbocycles. The first-order chi connectivity index (χ1) is 14.9. The normalized spacial score (nSPS) is 10.7. The van der Waals surface area contributed by atoms with Crippen LogP contribution in [0.5, 0.6) is 0 Å². The number of ether oxygens (including phenoxy) is 2. The number of carboxylic acid groups (broad SMARTS) is 2. The van der Waals surface area contributed by atoms with E-state index in [0.29, 0.717) is 0 Å². The van der Waals surface area contributed by atoms with Gasteiger partial charge in [0.15, 0.2) is 5.78 Å². The van der Waals surface area contributed by atoms with Gasteiger partial charge in [-0.05, 0) is 52.0 Å². The molecular formula is C23H22O9. The zero-order chi connectivity index (χ0) is 24.2. The van der Waals surface area contributed by atoms with E-state index < -0.39 is 41.9 Å². The number of hydrogen-bond acceptors (Lipinski definition) is 7. The number of ketones is 1. The maximum atomic E-state index is 13.0. The van der Waals surface area contributed by atoms with E-state index >= 15 is 0 Å². The van der Waals surface area contributed by atoms with E-state index in [1.165, 1.54) is 12.1 Å². The van der Waals surface area contributed by atoms with Crippen molar-refractivity contribution in [1.82, 2.24) is 0 Å². The van der Waals surface area contributed by atoms with Crippen molar-refractivity contribution in [2.24, 2.45) is 0 Å². The first-order valence-electron chi connectivity index (χ1n) is 9.63. The predicted octanol–water partition coefficient (Wildman–Crippen LogP) is 3.44. The van der Waals surface area contributed by atoms with Crippen molar-refractivity contribution in [2.75, 3.05) is 0 Å². The number of aromatic carboxylic acids is 2. The molecule has 0 aliphatic heterocycles. The Hall–Kier alpha value is -4.01. The van der Waals surface area contributed by atoms with Crippen LogP contribution in [0.4, 0.5) is 0 Å². The lowest BCUT2D eigenvalue weighted by Gasteiger charge is -2.13. The molecule has 0 radical (unpaired) electrons. The molecule has 0 fully saturated rings. The summed E-state index contributed by atoms with van der Waals surface area (Å²) < 4.78 is 10.1. The van der Waals surface area contributed by atoms with Crippen molar-refractivity contribution in [2.45, 2.75) is 39.9 Å². The molecule has 2 N–H and O–H groups in total. The summed E-state index contributed by atoms with van der Waals surface area (Å²) in [6, 6.07) is 6.82. The fraction of sp³-hybridized carbons (Fsp3) is 0.261. The van der Waals surface area contributed by atoms with Crippen molar-refractivity contribution < 1.29 is 43.7 Å². The van der Waals surface area contributed by atoms with Crippen LogP contribution >= 0.6 is 0 Å². The Labute approximate surface area is 183 Å². The average Bonchev–Trinajstić information content (AvgIpc) is 2.71. The molecule has 32 heavy (non-hydrogen) atoms. The molecule has 0 saturated carbocycles. The van der Waals surface area contributed by atoms with Gasteiger partial charge >= 0.3 is 23.9 Å². The van der Waals surface area contributed by atoms with Gasteiger partial charge in [0.2, 0.25) is 0 Å². The van der Waals surface area contributed by atoms with Crippen molar-refractivity contribution in [3.05, 3.63) is 69.8 Å². The number of carbonyl (C=O) groups excluding carboxylic acids is 3. The van der Waals surface area contributed by atoms with Crippen molar-refractivity contribution in [3.8, 4) is 0 Å². The van der Waals surface area contributed by atoms with Crippen molar-refractivity contribution >= 4 is 29.7 Å². The topological polar surface area (TPSA) is 144 Å². The van der Waals surface area contributed by atoms with E-state index in [-0.39, 0.29) is 33.4 Å². The predicted molar refractivity (Wildman–Crippen MR) is 111 cm³/mol. The van der Waals surface area contributed by atoms with Crippen molar-refractivity contribution in [3.63, 3.8) is 0 Å². The molecule has 0 saturated heterocycles. The van der Waals surface area contributed by atoms with Crippen molar-refractivity contribution in [1.29, 1.82) is 0 Å². The molecule has 0 unspecified atom stereocenters. The average molecular weight is 442 g/mol. The van der Waals surface area contributed by atoms with Crippen LogP contribution in [0.15, 0.2) is 36.4 Å². The lowest BCUT2D eigenvalue weighted by molar-refractivity contribution is 0.0363. The van der Waals surface area contributed by atoms with Gasteiger partial charge in [-0.1, -0.05) is 12.1 Å². The number of carbonyl (C=O) groups is 5. The van der Waals surface area contributed by atoms with Gasteiger partial charge in [-0.25, -0.2) is 19.2 Å². The van der Waals surface area contributed by atoms with Crippen LogP contribution in [-0.2, 0) is 9.47 Å². The first-order valence-corrected chi connectivity index (χ1v) is 9.63. The maximum Gasteiger partial charge on any atom is 0.339 e. The number of esters is 2. The van der Waals surface area contributed by atoms with E-state index in [9.17, 15) is 34.2 Å². The second-order valence-electron chi connectivity index (χ2n) is 7.37. The van der Waals surface area contributed by atoms with Crippen LogP contribution < -0.4 is 0 Å². The van der Waals surface area contributed by atoms with E-state index in [4.69, 9.17) is 9.47 Å². The van der Waals surface area contributed by atoms with Crippen LogP contribution in [0.3, 0.4) is 0 Å². The van der Waals surface area contributed by atoms with Gasteiger partial charge in [0.25, 0.3) is 0 Å². The number of rotatable bonds is 8. The lowest BCUT2D eigenvalue weighted by atomic mass is 9.95. The zero-order valence-electron chi connectivity index (χ0n) is 17.9. The van der Waals surface area contributed by atoms with Crippen LogP contribution in [0, 0.1) is 0 Å². The molecule has 2 aromatic rings. The van der Waals surface area contributed by atoms with E-state index in [1.807, 2.05) is 0 Å². The quantitative estimate of drug-likeness (QED) is 0.464. The molecule has 0 atom stereocenters. The fourth-order valence-corrected chi connectivity index (χ4v) is 2.80. The number of hydrogen-bond donors (Lipinski definition) is 2. The highest BCUT2D eigenvalue weighted by molar-refractivity contribution is 6.13. The third-order valence-corrected chi connectivity index (χ3v) is 4.15. The fourth-order valence-electron chi connectivity index (χ4n) is 2.80. The third-order valence-electron chi connectivity index (χ3n) is 4.15. The second-order valence-corrected chi connectivity index (χ2v) is 7.37. The van der Waals surface area contributed by atoms with E-state index in [2.05, 4.69) is 0 Å². The maximum absolute atomic E-state index is 13.0. The third kappa shape index (κ3) is 5.57. The summed E-state index contributed by atoms with van der Waals surface area (Å²) in [6.45, 7) is 6.37. The van der Waals surface area contributed by atoms with Gasteiger partial charge in [0.1, 0.15) is 0 Å². The minimum absolute atomic E-state index is 0.0445. The Morgan fingerprint density at radius 1 is 0.625 bits per heavy atom. The standard InChI is InChI=1S/C23H22O9/c1-11(2)31-22(29)17-9-13(5-7-15(17)20(25)26)19(24)14-6-8-16(21(27)28)18(10-14)23(30)32-12(3)4/h5-12H,1-4H3,(H,25,26)(H,27,28). The summed E-state index contributed by atoms with van der Waals surface area (Å²) in [5.74, 6) is -5.21. The molecule has 0 bridgehead atoms. The molecule has 168 valence electrons. The number of carboxylic acids is 2. The summed E-state index contributed by atoms with van der Waals surface area (Å²) in [5, 5.41) is 18.7. The summed E-state index contributed by atoms with van der Waals surface area (Å²) in [6.07, 6.45) is -1.02. The van der Waals surface area contributed by atoms with Gasteiger partial charge in [-0.15, -0.1) is 0 Å². The Morgan fingerprint density at radius 3 is 1.25 bits per heavy atom. The molecule has 0 aromatic heterocycles. The molecule has 9 heteroatoms. The summed E-state index contributed by atoms with van der Waals surface area (Å²) in [4.78, 5) is 60.6. The highest BCUT2D eigenvalue weighted by Gasteiger charge is 2.24. The molecule has 9 nitrogen and oxygen atoms in total. The first kappa shape index (κ1) is 24.3. The molecule has 0 spiro atoms. The van der Waals surface area contributed by atoms with Crippen LogP contribution in [0.1, 0.15) is 85.0 Å². The van der Waals surface area contributed by atoms with Gasteiger partial charge in [0.05, 0.1) is 34.5 Å². The Bertz CT molecular complexity index is 1010. The minimum atomic E-state index is -1.37. The summed E-state index contributed by atoms with van der Waals surface area (Å²) >= 11 is 0. The SMILES string of the molecule is CC(C)OC(=O)c1cc(C(=O)c2ccc(C(=O)O)c(C(=O)OC(C)C)c2)ccc1C(=O)O. The van der Waals surface area contributed by atoms with Gasteiger partial charge in [-0.3, -0.25) is 4.79 Å². The molecule has 0 aliphatic carbocycles. The second kappa shape index (κ2) is 9.86. The van der Waals surface area contributed by atoms with Gasteiger partial charge in [0, 0.05) is 11.1 Å². The molecular weight excluding hydrogens is 420 g/mol. The van der Waals surface area contributed by atoms with E-state index in [0.717, 1.165) is 24.3 Å². The Kier molecular flexibility index (Phi) is 7.48. The summed E-state index contributed by atoms with van der Waals surface area (Å²) in [5.41, 5.74) is -1.38. The molecule has 2 rings (SSSR count). The smallest absolute Gasteiger partial charge is 0.339 e. The minimum Gasteiger partial charge on any atom is -0.478 e. The lowest BCUT2D eigenvalue weighted by Crippen LogP contribution is -2.18. The van der Waals surface area contributed by atoms with E-state index in [1.54, 1.807) is 27.7 Å². The monoisotopic (exact) mass is 442 g/mol. The highest BCUT2D eigenvalue weighted by Crippen LogP contribution is 2.21. The van der Waals surface area contributed by atoms with Crippen LogP contribution in [0.25, 0.3) is 0 Å². The Morgan fingerprint density at radius 2 is 0.969 bits per heavy atom. The molecule has 0 aliphatic rings. The molecule has 0 heterocycles. The molecule has 0 amide bonds. The van der Waals surface area contributed by atoms with Gasteiger partial charge in [-0.2, -0.15) is 0 Å². The van der Waals surface area contributed by atoms with Gasteiger partial charge < -0.3 is 19.7 Å². The number of benzene rings is 2. The largest absolute Gasteiger partial charge is 0.478 e. The zero-order valence-corrected chi connectivity index (χ0v) is 17.9. The summed E-state index contributed by atoms with van der Waals surface area (Å²) in [7, 11) is 0. The van der Waals surface area contributed by atoms with Crippen LogP contribution in [-0.4, -0.2) is 52.1 Å². The van der Waals surface area contributed by atoms with Crippen LogP contribution in [0.2, 0.25) is 0 Å². The Balaban J connectivity index is 2.54. The highest BCUT2D eigenvalue weighted by atomic mass is 16.5.